The lowest BCUT2D eigenvalue weighted by atomic mass is 10.3. The number of pyridine rings is 1. The molecule has 0 fully saturated rings. The SMILES string of the molecule is NCC(Sc1ccccn1)c1ccc(Cl)s1. The Morgan fingerprint density at radius 3 is 2.81 bits per heavy atom. The average molecular weight is 271 g/mol. The summed E-state index contributed by atoms with van der Waals surface area (Å²) in [5.74, 6) is 0. The van der Waals surface area contributed by atoms with E-state index in [2.05, 4.69) is 4.98 Å². The maximum absolute atomic E-state index is 5.92. The van der Waals surface area contributed by atoms with E-state index < -0.39 is 0 Å². The highest BCUT2D eigenvalue weighted by atomic mass is 35.5. The third-order valence-corrected chi connectivity index (χ3v) is 4.73. The molecule has 2 aromatic heterocycles. The number of thioether (sulfide) groups is 1. The van der Waals surface area contributed by atoms with Gasteiger partial charge < -0.3 is 5.73 Å². The number of nitrogens with zero attached hydrogens (tertiary/aromatic N) is 1. The zero-order chi connectivity index (χ0) is 11.4. The molecule has 1 atom stereocenters. The lowest BCUT2D eigenvalue weighted by Crippen LogP contribution is -2.08. The van der Waals surface area contributed by atoms with Crippen LogP contribution in [0.3, 0.4) is 0 Å². The summed E-state index contributed by atoms with van der Waals surface area (Å²) in [5, 5.41) is 1.22. The van der Waals surface area contributed by atoms with E-state index in [-0.39, 0.29) is 5.25 Å². The molecule has 0 saturated heterocycles. The lowest BCUT2D eigenvalue weighted by Gasteiger charge is -2.11. The molecular weight excluding hydrogens is 260 g/mol. The number of halogens is 1. The number of nitrogens with two attached hydrogens (primary N) is 1. The van der Waals surface area contributed by atoms with Crippen LogP contribution in [0, 0.1) is 0 Å². The zero-order valence-corrected chi connectivity index (χ0v) is 10.9. The van der Waals surface area contributed by atoms with Gasteiger partial charge >= 0.3 is 0 Å². The van der Waals surface area contributed by atoms with E-state index in [0.717, 1.165) is 9.36 Å². The van der Waals surface area contributed by atoms with Crippen molar-refractivity contribution in [3.8, 4) is 0 Å². The first-order valence-corrected chi connectivity index (χ1v) is 6.90. The number of hydrogen-bond donors (Lipinski definition) is 1. The maximum Gasteiger partial charge on any atom is 0.0966 e. The van der Waals surface area contributed by atoms with E-state index in [1.54, 1.807) is 29.3 Å². The van der Waals surface area contributed by atoms with Crippen LogP contribution in [-0.2, 0) is 0 Å². The van der Waals surface area contributed by atoms with Crippen molar-refractivity contribution >= 4 is 34.7 Å². The smallest absolute Gasteiger partial charge is 0.0966 e. The highest BCUT2D eigenvalue weighted by molar-refractivity contribution is 7.99. The van der Waals surface area contributed by atoms with Crippen molar-refractivity contribution < 1.29 is 0 Å². The lowest BCUT2D eigenvalue weighted by molar-refractivity contribution is 0.953. The molecule has 5 heteroatoms. The van der Waals surface area contributed by atoms with Gasteiger partial charge in [0.2, 0.25) is 0 Å². The Kier molecular flexibility index (Phi) is 4.23. The molecular formula is C11H11ClN2S2. The van der Waals surface area contributed by atoms with Crippen LogP contribution in [-0.4, -0.2) is 11.5 Å². The minimum Gasteiger partial charge on any atom is -0.329 e. The van der Waals surface area contributed by atoms with Crippen molar-refractivity contribution in [3.63, 3.8) is 0 Å². The van der Waals surface area contributed by atoms with Crippen LogP contribution in [0.2, 0.25) is 4.34 Å². The number of thiophene rings is 1. The van der Waals surface area contributed by atoms with Crippen molar-refractivity contribution in [3.05, 3.63) is 45.7 Å². The second kappa shape index (κ2) is 5.68. The van der Waals surface area contributed by atoms with E-state index >= 15 is 0 Å². The minimum atomic E-state index is 0.229. The normalized spacial score (nSPS) is 12.6. The molecule has 0 aliphatic heterocycles. The van der Waals surface area contributed by atoms with Gasteiger partial charge in [-0.25, -0.2) is 4.98 Å². The van der Waals surface area contributed by atoms with Gasteiger partial charge in [-0.3, -0.25) is 0 Å². The topological polar surface area (TPSA) is 38.9 Å². The summed E-state index contributed by atoms with van der Waals surface area (Å²) in [6, 6.07) is 9.81. The number of aromatic nitrogens is 1. The van der Waals surface area contributed by atoms with E-state index in [1.807, 2.05) is 30.3 Å². The molecule has 0 aliphatic carbocycles. The van der Waals surface area contributed by atoms with Gasteiger partial charge in [0.1, 0.15) is 0 Å². The van der Waals surface area contributed by atoms with Crippen molar-refractivity contribution in [2.24, 2.45) is 5.73 Å². The van der Waals surface area contributed by atoms with E-state index in [1.165, 1.54) is 4.88 Å². The third kappa shape index (κ3) is 2.98. The van der Waals surface area contributed by atoms with Crippen LogP contribution in [0.1, 0.15) is 10.1 Å². The molecule has 2 rings (SSSR count). The minimum absolute atomic E-state index is 0.229. The second-order valence-electron chi connectivity index (χ2n) is 3.15. The monoisotopic (exact) mass is 270 g/mol. The molecule has 0 aliphatic rings. The van der Waals surface area contributed by atoms with Crippen LogP contribution in [0.25, 0.3) is 0 Å². The average Bonchev–Trinajstić information content (AvgIpc) is 2.74. The Hall–Kier alpha value is -0.550. The molecule has 0 radical (unpaired) electrons. The Balaban J connectivity index is 2.12. The fourth-order valence-corrected chi connectivity index (χ4v) is 3.49. The summed E-state index contributed by atoms with van der Waals surface area (Å²) in [6.07, 6.45) is 1.79. The molecule has 16 heavy (non-hydrogen) atoms. The molecule has 0 aromatic carbocycles. The van der Waals surface area contributed by atoms with Gasteiger partial charge in [0.15, 0.2) is 0 Å². The standard InChI is InChI=1S/C11H11ClN2S2/c12-10-5-4-8(15-10)9(7-13)16-11-3-1-2-6-14-11/h1-6,9H,7,13H2. The van der Waals surface area contributed by atoms with Gasteiger partial charge in [0.25, 0.3) is 0 Å². The number of hydrogen-bond acceptors (Lipinski definition) is 4. The predicted molar refractivity (Wildman–Crippen MR) is 71.2 cm³/mol. The summed E-state index contributed by atoms with van der Waals surface area (Å²) in [5.41, 5.74) is 5.78. The van der Waals surface area contributed by atoms with E-state index in [9.17, 15) is 0 Å². The molecule has 2 nitrogen and oxygen atoms in total. The van der Waals surface area contributed by atoms with Crippen molar-refractivity contribution in [1.82, 2.24) is 4.98 Å². The van der Waals surface area contributed by atoms with Gasteiger partial charge in [-0.15, -0.1) is 11.3 Å². The first-order chi connectivity index (χ1) is 7.79. The predicted octanol–water partition coefficient (Wildman–Crippen LogP) is 3.59. The van der Waals surface area contributed by atoms with Crippen LogP contribution in [0.15, 0.2) is 41.6 Å². The molecule has 84 valence electrons. The van der Waals surface area contributed by atoms with Crippen LogP contribution in [0.4, 0.5) is 0 Å². The quantitative estimate of drug-likeness (QED) is 0.863. The van der Waals surface area contributed by atoms with Crippen molar-refractivity contribution in [1.29, 1.82) is 0 Å². The van der Waals surface area contributed by atoms with Crippen LogP contribution < -0.4 is 5.73 Å². The molecule has 2 N–H and O–H groups in total. The molecule has 1 unspecified atom stereocenters. The molecule has 2 heterocycles. The molecule has 0 amide bonds. The third-order valence-electron chi connectivity index (χ3n) is 2.03. The highest BCUT2D eigenvalue weighted by Crippen LogP contribution is 2.37. The Morgan fingerprint density at radius 2 is 2.25 bits per heavy atom. The summed E-state index contributed by atoms with van der Waals surface area (Å²) in [4.78, 5) is 5.48. The first-order valence-electron chi connectivity index (χ1n) is 4.82. The highest BCUT2D eigenvalue weighted by Gasteiger charge is 2.14. The first kappa shape index (κ1) is 11.9. The number of rotatable bonds is 4. The second-order valence-corrected chi connectivity index (χ2v) is 6.12. The summed E-state index contributed by atoms with van der Waals surface area (Å²) >= 11 is 9.16. The largest absolute Gasteiger partial charge is 0.329 e. The van der Waals surface area contributed by atoms with Gasteiger partial charge in [0, 0.05) is 17.6 Å². The summed E-state index contributed by atoms with van der Waals surface area (Å²) in [7, 11) is 0. The van der Waals surface area contributed by atoms with Gasteiger partial charge in [-0.05, 0) is 24.3 Å². The van der Waals surface area contributed by atoms with Gasteiger partial charge in [-0.1, -0.05) is 29.4 Å². The fourth-order valence-electron chi connectivity index (χ4n) is 1.29. The van der Waals surface area contributed by atoms with Crippen molar-refractivity contribution in [2.75, 3.05) is 6.54 Å². The fraction of sp³-hybridized carbons (Fsp3) is 0.182. The van der Waals surface area contributed by atoms with E-state index in [0.29, 0.717) is 6.54 Å². The summed E-state index contributed by atoms with van der Waals surface area (Å²) < 4.78 is 0.801. The Labute approximate surface area is 108 Å². The Morgan fingerprint density at radius 1 is 1.38 bits per heavy atom. The summed E-state index contributed by atoms with van der Waals surface area (Å²) in [6.45, 7) is 0.581. The Bertz CT molecular complexity index is 444. The molecule has 2 aromatic rings. The van der Waals surface area contributed by atoms with E-state index in [4.69, 9.17) is 17.3 Å². The molecule has 0 bridgehead atoms. The van der Waals surface area contributed by atoms with Crippen LogP contribution >= 0.6 is 34.7 Å². The maximum atomic E-state index is 5.92. The molecule has 0 saturated carbocycles. The van der Waals surface area contributed by atoms with Gasteiger partial charge in [0.05, 0.1) is 14.6 Å². The molecule has 0 spiro atoms. The van der Waals surface area contributed by atoms with Crippen LogP contribution in [0.5, 0.6) is 0 Å². The van der Waals surface area contributed by atoms with Crippen molar-refractivity contribution in [2.45, 2.75) is 10.3 Å². The van der Waals surface area contributed by atoms with Gasteiger partial charge in [-0.2, -0.15) is 0 Å². The zero-order valence-electron chi connectivity index (χ0n) is 8.47.